The lowest BCUT2D eigenvalue weighted by Gasteiger charge is -2.15. The molecule has 0 radical (unpaired) electrons. The number of halogens is 1. The molecule has 4 nitrogen and oxygen atoms in total. The number of amides is 2. The lowest BCUT2D eigenvalue weighted by Crippen LogP contribution is -2.37. The Kier molecular flexibility index (Phi) is 6.56. The number of primary amides is 1. The maximum Gasteiger partial charge on any atom is 0.222 e. The molecule has 126 valence electrons. The van der Waals surface area contributed by atoms with Gasteiger partial charge < -0.3 is 11.1 Å². The van der Waals surface area contributed by atoms with Gasteiger partial charge in [-0.15, -0.1) is 0 Å². The molecule has 1 aromatic rings. The molecule has 1 saturated carbocycles. The minimum atomic E-state index is -0.476. The van der Waals surface area contributed by atoms with Gasteiger partial charge in [-0.25, -0.2) is 4.39 Å². The van der Waals surface area contributed by atoms with Crippen LogP contribution in [0.5, 0.6) is 0 Å². The first kappa shape index (κ1) is 17.4. The molecule has 1 aliphatic carbocycles. The Balaban J connectivity index is 1.76. The Morgan fingerprint density at radius 2 is 1.87 bits per heavy atom. The van der Waals surface area contributed by atoms with E-state index in [0.29, 0.717) is 18.8 Å². The fraction of sp³-hybridized carbons (Fsp3) is 0.556. The van der Waals surface area contributed by atoms with Crippen molar-refractivity contribution in [3.63, 3.8) is 0 Å². The van der Waals surface area contributed by atoms with Crippen molar-refractivity contribution >= 4 is 11.8 Å². The molecule has 0 heterocycles. The van der Waals surface area contributed by atoms with Crippen LogP contribution in [0.4, 0.5) is 4.39 Å². The predicted molar refractivity (Wildman–Crippen MR) is 87.0 cm³/mol. The molecule has 3 N–H and O–H groups in total. The van der Waals surface area contributed by atoms with E-state index in [9.17, 15) is 14.0 Å². The van der Waals surface area contributed by atoms with Gasteiger partial charge in [0.05, 0.1) is 5.92 Å². The van der Waals surface area contributed by atoms with Gasteiger partial charge in [-0.3, -0.25) is 9.59 Å². The third kappa shape index (κ3) is 6.00. The molecule has 1 fully saturated rings. The molecule has 1 aromatic carbocycles. The number of nitrogens with two attached hydrogens (primary N) is 1. The summed E-state index contributed by atoms with van der Waals surface area (Å²) in [5.74, 6) is -0.597. The van der Waals surface area contributed by atoms with Gasteiger partial charge in [0.1, 0.15) is 5.82 Å². The second-order valence-electron chi connectivity index (χ2n) is 6.42. The second kappa shape index (κ2) is 8.65. The van der Waals surface area contributed by atoms with Crippen LogP contribution in [0.1, 0.15) is 44.1 Å². The fourth-order valence-corrected chi connectivity index (χ4v) is 3.14. The van der Waals surface area contributed by atoms with Crippen LogP contribution < -0.4 is 11.1 Å². The molecule has 1 unspecified atom stereocenters. The van der Waals surface area contributed by atoms with Crippen LogP contribution in [-0.2, 0) is 16.0 Å². The van der Waals surface area contributed by atoms with Gasteiger partial charge in [0.2, 0.25) is 11.8 Å². The largest absolute Gasteiger partial charge is 0.369 e. The van der Waals surface area contributed by atoms with Crippen LogP contribution in [0.15, 0.2) is 24.3 Å². The van der Waals surface area contributed by atoms with Gasteiger partial charge >= 0.3 is 0 Å². The van der Waals surface area contributed by atoms with Gasteiger partial charge in [0, 0.05) is 13.0 Å². The van der Waals surface area contributed by atoms with Crippen molar-refractivity contribution in [3.8, 4) is 0 Å². The Hall–Kier alpha value is -1.91. The summed E-state index contributed by atoms with van der Waals surface area (Å²) in [5, 5.41) is 2.81. The average molecular weight is 320 g/mol. The number of benzene rings is 1. The molecule has 0 saturated heterocycles. The predicted octanol–water partition coefficient (Wildman–Crippen LogP) is 2.56. The second-order valence-corrected chi connectivity index (χ2v) is 6.42. The number of hydrogen-bond donors (Lipinski definition) is 2. The standard InChI is InChI=1S/C18H25FN2O2/c19-16-8-5-14(6-9-16)11-15(18(20)23)12-21-17(22)10-7-13-3-1-2-4-13/h5-6,8-9,13,15H,1-4,7,10-12H2,(H2,20,23)(H,21,22). The van der Waals surface area contributed by atoms with E-state index in [4.69, 9.17) is 5.73 Å². The normalized spacial score (nSPS) is 16.2. The van der Waals surface area contributed by atoms with E-state index in [0.717, 1.165) is 12.0 Å². The lowest BCUT2D eigenvalue weighted by atomic mass is 9.98. The number of carbonyl (C=O) groups excluding carboxylic acids is 2. The highest BCUT2D eigenvalue weighted by Gasteiger charge is 2.19. The molecule has 5 heteroatoms. The summed E-state index contributed by atoms with van der Waals surface area (Å²) in [6.07, 6.45) is 6.82. The topological polar surface area (TPSA) is 72.2 Å². The van der Waals surface area contributed by atoms with Crippen LogP contribution >= 0.6 is 0 Å². The van der Waals surface area contributed by atoms with Crippen molar-refractivity contribution in [1.82, 2.24) is 5.32 Å². The number of nitrogens with one attached hydrogen (secondary N) is 1. The van der Waals surface area contributed by atoms with Crippen LogP contribution in [0.25, 0.3) is 0 Å². The first-order valence-electron chi connectivity index (χ1n) is 8.35. The number of rotatable bonds is 8. The number of carbonyl (C=O) groups is 2. The van der Waals surface area contributed by atoms with E-state index in [1.807, 2.05) is 0 Å². The highest BCUT2D eigenvalue weighted by molar-refractivity contribution is 5.79. The molecule has 23 heavy (non-hydrogen) atoms. The minimum absolute atomic E-state index is 0.0257. The van der Waals surface area contributed by atoms with Crippen molar-refractivity contribution in [3.05, 3.63) is 35.6 Å². The molecular weight excluding hydrogens is 295 g/mol. The summed E-state index contributed by atoms with van der Waals surface area (Å²) < 4.78 is 12.9. The average Bonchev–Trinajstić information content (AvgIpc) is 3.04. The zero-order chi connectivity index (χ0) is 16.7. The summed E-state index contributed by atoms with van der Waals surface area (Å²) in [4.78, 5) is 23.5. The van der Waals surface area contributed by atoms with Gasteiger partial charge in [-0.1, -0.05) is 37.8 Å². The molecule has 2 amide bonds. The molecule has 0 aromatic heterocycles. The Labute approximate surface area is 136 Å². The van der Waals surface area contributed by atoms with Crippen molar-refractivity contribution < 1.29 is 14.0 Å². The Bertz CT molecular complexity index is 524. The van der Waals surface area contributed by atoms with Crippen molar-refractivity contribution in [2.24, 2.45) is 17.6 Å². The smallest absolute Gasteiger partial charge is 0.222 e. The molecule has 1 aliphatic rings. The van der Waals surface area contributed by atoms with Crippen LogP contribution in [-0.4, -0.2) is 18.4 Å². The lowest BCUT2D eigenvalue weighted by molar-refractivity contribution is -0.123. The fourth-order valence-electron chi connectivity index (χ4n) is 3.14. The van der Waals surface area contributed by atoms with Crippen LogP contribution in [0.2, 0.25) is 0 Å². The summed E-state index contributed by atoms with van der Waals surface area (Å²) in [6.45, 7) is 0.232. The highest BCUT2D eigenvalue weighted by atomic mass is 19.1. The summed E-state index contributed by atoms with van der Waals surface area (Å²) in [5.41, 5.74) is 6.24. The monoisotopic (exact) mass is 320 g/mol. The first-order chi connectivity index (χ1) is 11.0. The Morgan fingerprint density at radius 1 is 1.22 bits per heavy atom. The van der Waals surface area contributed by atoms with Crippen LogP contribution in [0, 0.1) is 17.7 Å². The molecular formula is C18H25FN2O2. The van der Waals surface area contributed by atoms with Crippen molar-refractivity contribution in [1.29, 1.82) is 0 Å². The van der Waals surface area contributed by atoms with Crippen molar-refractivity contribution in [2.45, 2.75) is 44.9 Å². The van der Waals surface area contributed by atoms with E-state index in [1.165, 1.54) is 37.8 Å². The summed E-state index contributed by atoms with van der Waals surface area (Å²) in [6, 6.07) is 5.97. The molecule has 0 bridgehead atoms. The van der Waals surface area contributed by atoms with E-state index < -0.39 is 11.8 Å². The van der Waals surface area contributed by atoms with E-state index in [-0.39, 0.29) is 18.3 Å². The van der Waals surface area contributed by atoms with Gasteiger partial charge in [-0.2, -0.15) is 0 Å². The van der Waals surface area contributed by atoms with Gasteiger partial charge in [0.15, 0.2) is 0 Å². The first-order valence-corrected chi connectivity index (χ1v) is 8.35. The SMILES string of the molecule is NC(=O)C(CNC(=O)CCC1CCCC1)Cc1ccc(F)cc1. The zero-order valence-electron chi connectivity index (χ0n) is 13.4. The van der Waals surface area contributed by atoms with Gasteiger partial charge in [-0.05, 0) is 36.5 Å². The van der Waals surface area contributed by atoms with Crippen LogP contribution in [0.3, 0.4) is 0 Å². The Morgan fingerprint density at radius 3 is 2.48 bits per heavy atom. The van der Waals surface area contributed by atoms with Crippen molar-refractivity contribution in [2.75, 3.05) is 6.54 Å². The third-order valence-corrected chi connectivity index (χ3v) is 4.60. The molecule has 0 aliphatic heterocycles. The zero-order valence-corrected chi connectivity index (χ0v) is 13.4. The quantitative estimate of drug-likeness (QED) is 0.772. The summed E-state index contributed by atoms with van der Waals surface area (Å²) >= 11 is 0. The van der Waals surface area contributed by atoms with E-state index in [1.54, 1.807) is 12.1 Å². The minimum Gasteiger partial charge on any atom is -0.369 e. The maximum absolute atomic E-state index is 12.9. The molecule has 1 atom stereocenters. The summed E-state index contributed by atoms with van der Waals surface area (Å²) in [7, 11) is 0. The van der Waals surface area contributed by atoms with E-state index >= 15 is 0 Å². The highest BCUT2D eigenvalue weighted by Crippen LogP contribution is 2.28. The molecule has 0 spiro atoms. The number of hydrogen-bond acceptors (Lipinski definition) is 2. The molecule has 2 rings (SSSR count). The van der Waals surface area contributed by atoms with Gasteiger partial charge in [0.25, 0.3) is 0 Å². The maximum atomic E-state index is 12.9. The third-order valence-electron chi connectivity index (χ3n) is 4.60. The van der Waals surface area contributed by atoms with E-state index in [2.05, 4.69) is 5.32 Å².